The molecule has 1 aromatic carbocycles. The highest BCUT2D eigenvalue weighted by atomic mass is 16.6. The van der Waals surface area contributed by atoms with Crippen molar-refractivity contribution in [1.82, 2.24) is 0 Å². The van der Waals surface area contributed by atoms with E-state index in [-0.39, 0.29) is 22.5 Å². The van der Waals surface area contributed by atoms with Crippen LogP contribution in [0.25, 0.3) is 0 Å². The molecule has 0 aromatic heterocycles. The summed E-state index contributed by atoms with van der Waals surface area (Å²) in [5, 5.41) is 36.4. The van der Waals surface area contributed by atoms with Crippen LogP contribution in [0.5, 0.6) is 11.5 Å². The number of aromatic hydroxyl groups is 1. The molecule has 2 heterocycles. The standard InChI is InChI=1S/C21H25NO4/c1-12-6-7-21(24)16-10-14-4-5-15(23)18-17(14)20(21,19(12)26-18)8-9-22(16,25)11-13-2-3-13/h4-5,13,16,19,23-24H,1-3,6-11H2/t16-,19+,20+,21-,22-/m1/s1. The number of aliphatic hydroxyl groups is 1. The third-order valence-electron chi connectivity index (χ3n) is 8.00. The fraction of sp³-hybridized carbons (Fsp3) is 0.619. The van der Waals surface area contributed by atoms with Crippen LogP contribution in [0.2, 0.25) is 0 Å². The Labute approximate surface area is 153 Å². The van der Waals surface area contributed by atoms with Gasteiger partial charge in [-0.15, -0.1) is 0 Å². The molecule has 2 aliphatic heterocycles. The number of benzene rings is 1. The maximum absolute atomic E-state index is 13.9. The van der Waals surface area contributed by atoms with Gasteiger partial charge in [-0.1, -0.05) is 12.6 Å². The van der Waals surface area contributed by atoms with Crippen molar-refractivity contribution in [2.75, 3.05) is 13.1 Å². The molecule has 0 radical (unpaired) electrons. The third kappa shape index (κ3) is 1.56. The second kappa shape index (κ2) is 4.46. The third-order valence-corrected chi connectivity index (χ3v) is 8.00. The van der Waals surface area contributed by atoms with E-state index < -0.39 is 11.0 Å². The summed E-state index contributed by atoms with van der Waals surface area (Å²) in [6, 6.07) is 3.25. The smallest absolute Gasteiger partial charge is 0.166 e. The number of rotatable bonds is 2. The fourth-order valence-corrected chi connectivity index (χ4v) is 6.67. The first kappa shape index (κ1) is 15.5. The molecule has 0 amide bonds. The van der Waals surface area contributed by atoms with Crippen LogP contribution in [-0.4, -0.2) is 45.7 Å². The number of ether oxygens (including phenoxy) is 1. The zero-order valence-corrected chi connectivity index (χ0v) is 14.9. The van der Waals surface area contributed by atoms with Crippen LogP contribution in [0.3, 0.4) is 0 Å². The topological polar surface area (TPSA) is 72.8 Å². The molecule has 5 nitrogen and oxygen atoms in total. The first-order valence-corrected chi connectivity index (χ1v) is 9.89. The minimum atomic E-state index is -1.08. The van der Waals surface area contributed by atoms with E-state index in [1.165, 1.54) is 0 Å². The van der Waals surface area contributed by atoms with Crippen molar-refractivity contribution in [2.45, 2.75) is 61.7 Å². The molecule has 26 heavy (non-hydrogen) atoms. The lowest BCUT2D eigenvalue weighted by molar-refractivity contribution is -0.924. The van der Waals surface area contributed by atoms with Gasteiger partial charge in [0, 0.05) is 24.3 Å². The van der Waals surface area contributed by atoms with Crippen molar-refractivity contribution < 1.29 is 19.6 Å². The van der Waals surface area contributed by atoms with Crippen LogP contribution in [0.1, 0.15) is 43.2 Å². The summed E-state index contributed by atoms with van der Waals surface area (Å²) >= 11 is 0. The lowest BCUT2D eigenvalue weighted by atomic mass is 9.48. The summed E-state index contributed by atoms with van der Waals surface area (Å²) < 4.78 is 5.96. The van der Waals surface area contributed by atoms with Gasteiger partial charge in [-0.3, -0.25) is 0 Å². The number of hydrogen-bond acceptors (Lipinski definition) is 4. The number of piperidine rings is 1. The number of hydroxylamine groups is 3. The predicted molar refractivity (Wildman–Crippen MR) is 95.7 cm³/mol. The first-order valence-electron chi connectivity index (χ1n) is 9.89. The van der Waals surface area contributed by atoms with Crippen molar-refractivity contribution in [2.24, 2.45) is 5.92 Å². The van der Waals surface area contributed by atoms with E-state index in [0.29, 0.717) is 50.4 Å². The summed E-state index contributed by atoms with van der Waals surface area (Å²) in [6.07, 6.45) is 4.37. The first-order chi connectivity index (χ1) is 12.4. The van der Waals surface area contributed by atoms with E-state index in [0.717, 1.165) is 29.5 Å². The fourth-order valence-electron chi connectivity index (χ4n) is 6.67. The number of phenolic OH excluding ortho intramolecular Hbond substituents is 1. The van der Waals surface area contributed by atoms with Crippen molar-refractivity contribution >= 4 is 0 Å². The van der Waals surface area contributed by atoms with Gasteiger partial charge in [0.05, 0.1) is 18.5 Å². The molecule has 138 valence electrons. The van der Waals surface area contributed by atoms with Gasteiger partial charge >= 0.3 is 0 Å². The molecule has 1 aromatic rings. The molecule has 6 rings (SSSR count). The van der Waals surface area contributed by atoms with E-state index in [1.54, 1.807) is 6.07 Å². The normalized spacial score (nSPS) is 45.2. The molecular formula is C21H25NO4. The quantitative estimate of drug-likeness (QED) is 0.486. The summed E-state index contributed by atoms with van der Waals surface area (Å²) in [7, 11) is 0. The van der Waals surface area contributed by atoms with Gasteiger partial charge in [0.15, 0.2) is 11.5 Å². The van der Waals surface area contributed by atoms with Crippen molar-refractivity contribution in [3.63, 3.8) is 0 Å². The van der Waals surface area contributed by atoms with Crippen molar-refractivity contribution in [3.8, 4) is 11.5 Å². The van der Waals surface area contributed by atoms with E-state index in [2.05, 4.69) is 6.58 Å². The Hall–Kier alpha value is -1.56. The van der Waals surface area contributed by atoms with E-state index in [9.17, 15) is 15.4 Å². The highest BCUT2D eigenvalue weighted by Crippen LogP contribution is 2.67. The Morgan fingerprint density at radius 1 is 1.31 bits per heavy atom. The Morgan fingerprint density at radius 2 is 2.12 bits per heavy atom. The largest absolute Gasteiger partial charge is 0.632 e. The number of phenols is 1. The van der Waals surface area contributed by atoms with Gasteiger partial charge in [-0.2, -0.15) is 0 Å². The van der Waals surface area contributed by atoms with Crippen LogP contribution in [0.4, 0.5) is 0 Å². The Morgan fingerprint density at radius 3 is 2.88 bits per heavy atom. The molecule has 5 aliphatic rings. The maximum atomic E-state index is 13.9. The molecule has 2 N–H and O–H groups in total. The summed E-state index contributed by atoms with van der Waals surface area (Å²) in [5.74, 6) is 1.17. The molecule has 5 heteroatoms. The summed E-state index contributed by atoms with van der Waals surface area (Å²) in [4.78, 5) is 0. The summed E-state index contributed by atoms with van der Waals surface area (Å²) in [5.41, 5.74) is 1.30. The molecule has 2 saturated carbocycles. The van der Waals surface area contributed by atoms with Crippen LogP contribution < -0.4 is 4.74 Å². The van der Waals surface area contributed by atoms with Gasteiger partial charge in [-0.05, 0) is 42.9 Å². The maximum Gasteiger partial charge on any atom is 0.166 e. The minimum absolute atomic E-state index is 0.132. The lowest BCUT2D eigenvalue weighted by Crippen LogP contribution is -2.79. The molecule has 5 atom stereocenters. The highest BCUT2D eigenvalue weighted by Gasteiger charge is 2.74. The van der Waals surface area contributed by atoms with Crippen LogP contribution in [0, 0.1) is 11.1 Å². The average Bonchev–Trinajstić information content (AvgIpc) is 3.32. The van der Waals surface area contributed by atoms with Gasteiger partial charge in [0.2, 0.25) is 0 Å². The SMILES string of the molecule is C=C1CC[C@@]2(O)[C@H]3Cc4ccc(O)c5c4[C@@]2(CC[N@@+]3([O-])CC2CC2)[C@H]1O5. The highest BCUT2D eigenvalue weighted by molar-refractivity contribution is 5.63. The van der Waals surface area contributed by atoms with Crippen molar-refractivity contribution in [1.29, 1.82) is 0 Å². The minimum Gasteiger partial charge on any atom is -0.632 e. The van der Waals surface area contributed by atoms with Gasteiger partial charge < -0.3 is 24.8 Å². The Bertz CT molecular complexity index is 849. The van der Waals surface area contributed by atoms with Crippen molar-refractivity contribution in [3.05, 3.63) is 40.6 Å². The molecule has 0 unspecified atom stereocenters. The molecule has 1 saturated heterocycles. The number of hydrogen-bond donors (Lipinski definition) is 2. The Kier molecular flexibility index (Phi) is 2.66. The van der Waals surface area contributed by atoms with E-state index >= 15 is 0 Å². The molecule has 3 fully saturated rings. The molecule has 2 bridgehead atoms. The lowest BCUT2D eigenvalue weighted by Gasteiger charge is -2.67. The van der Waals surface area contributed by atoms with Crippen LogP contribution in [0.15, 0.2) is 24.3 Å². The second-order valence-electron chi connectivity index (χ2n) is 9.27. The van der Waals surface area contributed by atoms with Gasteiger partial charge in [0.1, 0.15) is 17.7 Å². The number of nitrogens with zero attached hydrogens (tertiary/aromatic N) is 1. The monoisotopic (exact) mass is 355 g/mol. The Balaban J connectivity index is 1.60. The second-order valence-corrected chi connectivity index (χ2v) is 9.27. The summed E-state index contributed by atoms with van der Waals surface area (Å²) in [6.45, 7) is 5.38. The number of quaternary nitrogens is 1. The van der Waals surface area contributed by atoms with Crippen LogP contribution >= 0.6 is 0 Å². The zero-order chi connectivity index (χ0) is 17.9. The predicted octanol–water partition coefficient (Wildman–Crippen LogP) is 2.53. The average molecular weight is 355 g/mol. The van der Waals surface area contributed by atoms with E-state index in [4.69, 9.17) is 4.74 Å². The molecule has 1 spiro atoms. The zero-order valence-electron chi connectivity index (χ0n) is 14.9. The molecular weight excluding hydrogens is 330 g/mol. The van der Waals surface area contributed by atoms with E-state index in [1.807, 2.05) is 6.07 Å². The van der Waals surface area contributed by atoms with Crippen LogP contribution in [-0.2, 0) is 11.8 Å². The molecule has 3 aliphatic carbocycles. The van der Waals surface area contributed by atoms with Gasteiger partial charge in [-0.25, -0.2) is 0 Å². The van der Waals surface area contributed by atoms with Gasteiger partial charge in [0.25, 0.3) is 0 Å². The number of likely N-dealkylation sites (tertiary alicyclic amines) is 1.